The van der Waals surface area contributed by atoms with E-state index >= 15 is 0 Å². The second-order valence-corrected chi connectivity index (χ2v) is 9.86. The Hall–Kier alpha value is -3.45. The van der Waals surface area contributed by atoms with Crippen LogP contribution >= 0.6 is 11.3 Å². The Bertz CT molecular complexity index is 1270. The lowest BCUT2D eigenvalue weighted by molar-refractivity contribution is -0.110. The molecule has 12 heteroatoms. The van der Waals surface area contributed by atoms with Crippen LogP contribution in [0, 0.1) is 0 Å². The third-order valence-corrected chi connectivity index (χ3v) is 6.78. The third kappa shape index (κ3) is 8.27. The maximum Gasteiger partial charge on any atom is 0.280 e. The van der Waals surface area contributed by atoms with Crippen LogP contribution in [0.2, 0.25) is 0 Å². The van der Waals surface area contributed by atoms with Gasteiger partial charge in [-0.1, -0.05) is 40.8 Å². The molecule has 1 aliphatic heterocycles. The lowest BCUT2D eigenvalue weighted by Gasteiger charge is -2.10. The van der Waals surface area contributed by atoms with Gasteiger partial charge in [0.2, 0.25) is 5.88 Å². The molecule has 1 atom stereocenters. The second-order valence-electron chi connectivity index (χ2n) is 8.88. The number of pyridine rings is 1. The predicted octanol–water partition coefficient (Wildman–Crippen LogP) is 3.44. The average Bonchev–Trinajstić information content (AvgIpc) is 3.61. The first-order valence-corrected chi connectivity index (χ1v) is 13.7. The third-order valence-electron chi connectivity index (χ3n) is 5.90. The summed E-state index contributed by atoms with van der Waals surface area (Å²) in [5.74, 6) is 0.0235. The zero-order chi connectivity index (χ0) is 27.5. The van der Waals surface area contributed by atoms with Gasteiger partial charge in [-0.3, -0.25) is 14.9 Å². The molecule has 1 saturated heterocycles. The van der Waals surface area contributed by atoms with Crippen molar-refractivity contribution in [1.82, 2.24) is 15.3 Å². The summed E-state index contributed by atoms with van der Waals surface area (Å²) in [5.41, 5.74) is 1.78. The second kappa shape index (κ2) is 14.6. The first-order chi connectivity index (χ1) is 19.1. The molecule has 11 nitrogen and oxygen atoms in total. The van der Waals surface area contributed by atoms with Gasteiger partial charge >= 0.3 is 0 Å². The summed E-state index contributed by atoms with van der Waals surface area (Å²) in [6.07, 6.45) is 2.35. The SMILES string of the molecule is CNCCCOc1ccc2nc(NC(=O)/C(=N\O[C@@H]3CCOC3)c3ccc(C(=O)CCCOC)cc3)sc2n1. The highest BCUT2D eigenvalue weighted by Gasteiger charge is 2.22. The molecule has 1 fully saturated rings. The van der Waals surface area contributed by atoms with Gasteiger partial charge < -0.3 is 24.4 Å². The van der Waals surface area contributed by atoms with Crippen LogP contribution in [0.25, 0.3) is 10.3 Å². The lowest BCUT2D eigenvalue weighted by Crippen LogP contribution is -2.25. The van der Waals surface area contributed by atoms with Gasteiger partial charge in [0.15, 0.2) is 22.7 Å². The first-order valence-electron chi connectivity index (χ1n) is 12.9. The molecule has 0 radical (unpaired) electrons. The molecule has 4 rings (SSSR count). The monoisotopic (exact) mass is 555 g/mol. The van der Waals surface area contributed by atoms with Crippen LogP contribution < -0.4 is 15.4 Å². The van der Waals surface area contributed by atoms with Gasteiger partial charge in [-0.2, -0.15) is 0 Å². The number of benzene rings is 1. The molecule has 1 amide bonds. The average molecular weight is 556 g/mol. The number of ketones is 1. The van der Waals surface area contributed by atoms with Crippen molar-refractivity contribution in [1.29, 1.82) is 0 Å². The van der Waals surface area contributed by atoms with Crippen molar-refractivity contribution < 1.29 is 28.6 Å². The predicted molar refractivity (Wildman–Crippen MR) is 149 cm³/mol. The molecule has 2 aromatic heterocycles. The fourth-order valence-electron chi connectivity index (χ4n) is 3.80. The molecule has 1 aromatic carbocycles. The molecular weight excluding hydrogens is 522 g/mol. The number of Topliss-reactive ketones (excluding diaryl/α,β-unsaturated/α-hetero) is 1. The number of hydrogen-bond acceptors (Lipinski definition) is 11. The smallest absolute Gasteiger partial charge is 0.280 e. The maximum absolute atomic E-state index is 13.3. The van der Waals surface area contributed by atoms with Crippen LogP contribution in [0.3, 0.4) is 0 Å². The van der Waals surface area contributed by atoms with E-state index in [9.17, 15) is 9.59 Å². The fraction of sp³-hybridized carbons (Fsp3) is 0.444. The van der Waals surface area contributed by atoms with Crippen molar-refractivity contribution >= 4 is 44.2 Å². The van der Waals surface area contributed by atoms with Crippen molar-refractivity contribution in [2.75, 3.05) is 52.4 Å². The van der Waals surface area contributed by atoms with Crippen LogP contribution in [0.15, 0.2) is 41.6 Å². The highest BCUT2D eigenvalue weighted by Crippen LogP contribution is 2.26. The number of carbonyl (C=O) groups excluding carboxylic acids is 2. The fourth-order valence-corrected chi connectivity index (χ4v) is 4.62. The Morgan fingerprint density at radius 3 is 2.67 bits per heavy atom. The van der Waals surface area contributed by atoms with Crippen LogP contribution in [-0.2, 0) is 19.1 Å². The molecule has 0 saturated carbocycles. The number of rotatable bonds is 15. The standard InChI is InChI=1S/C27H33N5O6S/c1-28-13-4-15-37-23-11-10-21-26(30-23)39-27(29-21)31-25(34)24(32-38-20-12-16-36-17-20)19-8-6-18(7-9-19)22(33)5-3-14-35-2/h6-11,20,28H,3-5,12-17H2,1-2H3,(H,29,31,34)/b32-24-/t20-/m1/s1. The van der Waals surface area contributed by atoms with Crippen LogP contribution in [0.1, 0.15) is 41.6 Å². The van der Waals surface area contributed by atoms with E-state index in [1.165, 1.54) is 11.3 Å². The van der Waals surface area contributed by atoms with Crippen LogP contribution in [-0.4, -0.2) is 80.6 Å². The van der Waals surface area contributed by atoms with Crippen molar-refractivity contribution in [2.24, 2.45) is 5.16 Å². The number of fused-ring (bicyclic) bond motifs is 1. The molecule has 3 heterocycles. The molecule has 208 valence electrons. The van der Waals surface area contributed by atoms with E-state index in [2.05, 4.69) is 25.8 Å². The Morgan fingerprint density at radius 2 is 1.92 bits per heavy atom. The topological polar surface area (TPSA) is 133 Å². The number of anilines is 1. The van der Waals surface area contributed by atoms with Gasteiger partial charge in [0.1, 0.15) is 10.3 Å². The number of hydrogen-bond donors (Lipinski definition) is 2. The van der Waals surface area contributed by atoms with E-state index in [1.54, 1.807) is 37.4 Å². The van der Waals surface area contributed by atoms with Crippen molar-refractivity contribution in [3.8, 4) is 5.88 Å². The number of carbonyl (C=O) groups is 2. The summed E-state index contributed by atoms with van der Waals surface area (Å²) in [6, 6.07) is 10.3. The number of methoxy groups -OCH3 is 1. The van der Waals surface area contributed by atoms with Crippen molar-refractivity contribution in [2.45, 2.75) is 31.8 Å². The van der Waals surface area contributed by atoms with Crippen molar-refractivity contribution in [3.63, 3.8) is 0 Å². The number of thiazole rings is 1. The highest BCUT2D eigenvalue weighted by atomic mass is 32.1. The minimum atomic E-state index is -0.490. The minimum Gasteiger partial charge on any atom is -0.478 e. The van der Waals surface area contributed by atoms with E-state index in [1.807, 2.05) is 13.1 Å². The zero-order valence-electron chi connectivity index (χ0n) is 22.1. The number of ether oxygens (including phenoxy) is 3. The molecular formula is C27H33N5O6S. The normalized spacial score (nSPS) is 15.4. The Balaban J connectivity index is 1.48. The summed E-state index contributed by atoms with van der Waals surface area (Å²) < 4.78 is 16.1. The lowest BCUT2D eigenvalue weighted by atomic mass is 10.0. The Kier molecular flexibility index (Phi) is 10.7. The van der Waals surface area contributed by atoms with E-state index in [-0.39, 0.29) is 17.6 Å². The maximum atomic E-state index is 13.3. The van der Waals surface area contributed by atoms with E-state index in [0.717, 1.165) is 13.0 Å². The van der Waals surface area contributed by atoms with E-state index < -0.39 is 5.91 Å². The summed E-state index contributed by atoms with van der Waals surface area (Å²) in [7, 11) is 3.50. The molecule has 39 heavy (non-hydrogen) atoms. The largest absolute Gasteiger partial charge is 0.478 e. The number of nitrogens with one attached hydrogen (secondary N) is 2. The van der Waals surface area contributed by atoms with Gasteiger partial charge in [0.25, 0.3) is 5.91 Å². The molecule has 2 N–H and O–H groups in total. The highest BCUT2D eigenvalue weighted by molar-refractivity contribution is 7.22. The zero-order valence-corrected chi connectivity index (χ0v) is 22.9. The number of aromatic nitrogens is 2. The summed E-state index contributed by atoms with van der Waals surface area (Å²) in [5, 5.41) is 10.4. The van der Waals surface area contributed by atoms with Gasteiger partial charge in [-0.25, -0.2) is 9.97 Å². The number of amides is 1. The van der Waals surface area contributed by atoms with E-state index in [4.69, 9.17) is 19.0 Å². The van der Waals surface area contributed by atoms with Gasteiger partial charge in [0.05, 0.1) is 19.8 Å². The summed E-state index contributed by atoms with van der Waals surface area (Å²) in [6.45, 7) is 2.92. The summed E-state index contributed by atoms with van der Waals surface area (Å²) >= 11 is 1.24. The molecule has 0 bridgehead atoms. The molecule has 0 spiro atoms. The molecule has 1 aliphatic rings. The van der Waals surface area contributed by atoms with Crippen molar-refractivity contribution in [3.05, 3.63) is 47.5 Å². The van der Waals surface area contributed by atoms with Gasteiger partial charge in [-0.05, 0) is 32.5 Å². The molecule has 0 unspecified atom stereocenters. The quantitative estimate of drug-likeness (QED) is 0.125. The van der Waals surface area contributed by atoms with Crippen LogP contribution in [0.5, 0.6) is 5.88 Å². The number of oxime groups is 1. The Morgan fingerprint density at radius 1 is 1.10 bits per heavy atom. The minimum absolute atomic E-state index is 0.00764. The van der Waals surface area contributed by atoms with Crippen LogP contribution in [0.4, 0.5) is 5.13 Å². The summed E-state index contributed by atoms with van der Waals surface area (Å²) in [4.78, 5) is 41.0. The molecule has 0 aliphatic carbocycles. The van der Waals surface area contributed by atoms with Gasteiger partial charge in [-0.15, -0.1) is 0 Å². The number of nitrogens with zero attached hydrogens (tertiary/aromatic N) is 3. The van der Waals surface area contributed by atoms with E-state index in [0.29, 0.717) is 78.2 Å². The molecule has 3 aromatic rings. The van der Waals surface area contributed by atoms with Gasteiger partial charge in [0, 0.05) is 43.8 Å². The Labute approximate surface area is 230 Å². The first kappa shape index (κ1) is 28.6.